The normalized spacial score (nSPS) is 19.4. The number of nitrogens with one attached hydrogen (secondary N) is 2. The maximum atomic E-state index is 13.2. The van der Waals surface area contributed by atoms with E-state index in [9.17, 15) is 13.2 Å². The van der Waals surface area contributed by atoms with Crippen LogP contribution in [0.25, 0.3) is 5.82 Å². The predicted octanol–water partition coefficient (Wildman–Crippen LogP) is 2.67. The minimum absolute atomic E-state index is 0.0312. The number of alkyl halides is 3. The highest BCUT2D eigenvalue weighted by molar-refractivity contribution is 5.35. The van der Waals surface area contributed by atoms with Crippen LogP contribution >= 0.6 is 0 Å². The summed E-state index contributed by atoms with van der Waals surface area (Å²) in [6.07, 6.45) is -2.72. The van der Waals surface area contributed by atoms with Gasteiger partial charge in [0.1, 0.15) is 5.75 Å². The second-order valence-corrected chi connectivity index (χ2v) is 7.20. The first kappa shape index (κ1) is 21.2. The lowest BCUT2D eigenvalue weighted by Crippen LogP contribution is -2.45. The molecule has 8 nitrogen and oxygen atoms in total. The molecule has 3 heterocycles. The van der Waals surface area contributed by atoms with Crippen LogP contribution in [0.2, 0.25) is 0 Å². The molecule has 11 heteroatoms. The first-order valence-electron chi connectivity index (χ1n) is 9.89. The number of benzene rings is 1. The number of rotatable bonds is 6. The van der Waals surface area contributed by atoms with E-state index in [0.717, 1.165) is 19.4 Å². The Morgan fingerprint density at radius 1 is 1.19 bits per heavy atom. The van der Waals surface area contributed by atoms with Crippen molar-refractivity contribution in [2.45, 2.75) is 37.6 Å². The Hall–Kier alpha value is -3.05. The second kappa shape index (κ2) is 8.98. The van der Waals surface area contributed by atoms with Gasteiger partial charge >= 0.3 is 6.18 Å². The van der Waals surface area contributed by atoms with Crippen LogP contribution in [-0.4, -0.2) is 44.9 Å². The van der Waals surface area contributed by atoms with Crippen molar-refractivity contribution in [3.05, 3.63) is 59.5 Å². The molecule has 0 amide bonds. The molecule has 0 saturated carbocycles. The fourth-order valence-corrected chi connectivity index (χ4v) is 3.77. The molecule has 0 radical (unpaired) electrons. The number of halogens is 3. The Labute approximate surface area is 176 Å². The van der Waals surface area contributed by atoms with Gasteiger partial charge in [-0.25, -0.2) is 4.98 Å². The molecule has 1 aromatic carbocycles. The topological polar surface area (TPSA) is 89.8 Å². The lowest BCUT2D eigenvalue weighted by atomic mass is 9.92. The Morgan fingerprint density at radius 2 is 2.00 bits per heavy atom. The number of tetrazole rings is 1. The third-order valence-electron chi connectivity index (χ3n) is 5.23. The summed E-state index contributed by atoms with van der Waals surface area (Å²) in [5.41, 5.74) is 1.65. The van der Waals surface area contributed by atoms with Crippen LogP contribution in [0.5, 0.6) is 5.75 Å². The van der Waals surface area contributed by atoms with Crippen LogP contribution in [0, 0.1) is 0 Å². The zero-order chi connectivity index (χ0) is 21.8. The van der Waals surface area contributed by atoms with E-state index in [0.29, 0.717) is 22.7 Å². The van der Waals surface area contributed by atoms with Crippen molar-refractivity contribution in [2.75, 3.05) is 13.7 Å². The molecule has 2 N–H and O–H groups in total. The lowest BCUT2D eigenvalue weighted by Gasteiger charge is -2.34. The Morgan fingerprint density at radius 3 is 2.74 bits per heavy atom. The Bertz CT molecular complexity index is 1010. The van der Waals surface area contributed by atoms with Gasteiger partial charge in [0, 0.05) is 18.6 Å². The first-order chi connectivity index (χ1) is 15.0. The highest BCUT2D eigenvalue weighted by Crippen LogP contribution is 2.29. The number of hydrogen-bond donors (Lipinski definition) is 2. The molecule has 2 atom stereocenters. The Balaban J connectivity index is 1.57. The smallest absolute Gasteiger partial charge is 0.453 e. The highest BCUT2D eigenvalue weighted by Gasteiger charge is 2.39. The second-order valence-electron chi connectivity index (χ2n) is 7.20. The van der Waals surface area contributed by atoms with Gasteiger partial charge in [0.15, 0.2) is 5.82 Å². The van der Waals surface area contributed by atoms with Gasteiger partial charge in [0.05, 0.1) is 12.8 Å². The van der Waals surface area contributed by atoms with Gasteiger partial charge < -0.3 is 15.4 Å². The molecule has 0 unspecified atom stereocenters. The van der Waals surface area contributed by atoms with Crippen molar-refractivity contribution >= 4 is 0 Å². The van der Waals surface area contributed by atoms with Gasteiger partial charge in [-0.1, -0.05) is 30.3 Å². The summed E-state index contributed by atoms with van der Waals surface area (Å²) in [4.78, 5) is 4.35. The van der Waals surface area contributed by atoms with Crippen molar-refractivity contribution in [1.82, 2.24) is 35.8 Å². The van der Waals surface area contributed by atoms with Crippen LogP contribution in [0.1, 0.15) is 36.0 Å². The number of hydrogen-bond acceptors (Lipinski definition) is 7. The molecule has 164 valence electrons. The van der Waals surface area contributed by atoms with Gasteiger partial charge in [0.2, 0.25) is 0 Å². The molecular weight excluding hydrogens is 411 g/mol. The molecule has 0 aliphatic carbocycles. The van der Waals surface area contributed by atoms with E-state index in [-0.39, 0.29) is 17.9 Å². The van der Waals surface area contributed by atoms with E-state index in [1.54, 1.807) is 6.07 Å². The van der Waals surface area contributed by atoms with E-state index in [1.807, 2.05) is 18.2 Å². The van der Waals surface area contributed by atoms with Gasteiger partial charge in [-0.15, -0.1) is 5.10 Å². The number of nitrogens with zero attached hydrogens (tertiary/aromatic N) is 5. The molecule has 0 spiro atoms. The van der Waals surface area contributed by atoms with Gasteiger partial charge in [-0.2, -0.15) is 17.9 Å². The van der Waals surface area contributed by atoms with Crippen molar-refractivity contribution in [2.24, 2.45) is 0 Å². The van der Waals surface area contributed by atoms with Gasteiger partial charge in [0.25, 0.3) is 5.82 Å². The number of methoxy groups -OCH3 is 1. The molecule has 1 fully saturated rings. The average molecular weight is 433 g/mol. The highest BCUT2D eigenvalue weighted by atomic mass is 19.4. The molecule has 1 aliphatic heterocycles. The monoisotopic (exact) mass is 433 g/mol. The van der Waals surface area contributed by atoms with Crippen molar-refractivity contribution in [1.29, 1.82) is 0 Å². The maximum absolute atomic E-state index is 13.2. The van der Waals surface area contributed by atoms with Crippen LogP contribution in [-0.2, 0) is 12.7 Å². The number of ether oxygens (including phenoxy) is 1. The summed E-state index contributed by atoms with van der Waals surface area (Å²) in [6.45, 7) is 1.24. The fraction of sp³-hybridized carbons (Fsp3) is 0.400. The average Bonchev–Trinajstić information content (AvgIpc) is 3.29. The summed E-state index contributed by atoms with van der Waals surface area (Å²) in [5, 5.41) is 16.7. The minimum Gasteiger partial charge on any atom is -0.495 e. The van der Waals surface area contributed by atoms with Gasteiger partial charge in [-0.05, 0) is 47.5 Å². The molecule has 1 aliphatic rings. The molecule has 3 aromatic rings. The van der Waals surface area contributed by atoms with Crippen LogP contribution in [0.3, 0.4) is 0 Å². The molecule has 1 saturated heterocycles. The predicted molar refractivity (Wildman–Crippen MR) is 106 cm³/mol. The maximum Gasteiger partial charge on any atom is 0.453 e. The quantitative estimate of drug-likeness (QED) is 0.618. The standard InChI is InChI=1S/C20H22F3N7O/c1-31-16-9-10-17(30-19(20(21,22)23)27-28-29-30)26-15(16)12-25-14-8-5-11-24-18(14)13-6-3-2-4-7-13/h2-4,6-7,9-10,14,18,24-25H,5,8,11-12H2,1H3/t14-,18-/m0/s1. The van der Waals surface area contributed by atoms with Crippen molar-refractivity contribution < 1.29 is 17.9 Å². The summed E-state index contributed by atoms with van der Waals surface area (Å²) < 4.78 is 45.5. The summed E-state index contributed by atoms with van der Waals surface area (Å²) >= 11 is 0. The van der Waals surface area contributed by atoms with E-state index in [2.05, 4.69) is 43.3 Å². The largest absolute Gasteiger partial charge is 0.495 e. The minimum atomic E-state index is -4.69. The zero-order valence-corrected chi connectivity index (χ0v) is 16.8. The SMILES string of the molecule is COc1ccc(-n2nnnc2C(F)(F)F)nc1CN[C@H]1CCCN[C@H]1c1ccccc1. The summed E-state index contributed by atoms with van der Waals surface area (Å²) in [7, 11) is 1.49. The zero-order valence-electron chi connectivity index (χ0n) is 16.8. The lowest BCUT2D eigenvalue weighted by molar-refractivity contribution is -0.146. The molecule has 2 aromatic heterocycles. The van der Waals surface area contributed by atoms with Crippen molar-refractivity contribution in [3.8, 4) is 11.6 Å². The molecule has 31 heavy (non-hydrogen) atoms. The summed E-state index contributed by atoms with van der Waals surface area (Å²) in [5.74, 6) is -0.793. The van der Waals surface area contributed by atoms with E-state index >= 15 is 0 Å². The Kier molecular flexibility index (Phi) is 6.14. The number of aromatic nitrogens is 5. The number of piperidine rings is 1. The van der Waals surface area contributed by atoms with E-state index in [1.165, 1.54) is 18.7 Å². The molecular formula is C20H22F3N7O. The third-order valence-corrected chi connectivity index (χ3v) is 5.23. The van der Waals surface area contributed by atoms with Crippen LogP contribution in [0.4, 0.5) is 13.2 Å². The number of pyridine rings is 1. The van der Waals surface area contributed by atoms with E-state index < -0.39 is 12.0 Å². The summed E-state index contributed by atoms with van der Waals surface area (Å²) in [6, 6.07) is 13.3. The van der Waals surface area contributed by atoms with Crippen LogP contribution < -0.4 is 15.4 Å². The van der Waals surface area contributed by atoms with Crippen LogP contribution in [0.15, 0.2) is 42.5 Å². The van der Waals surface area contributed by atoms with Gasteiger partial charge in [-0.3, -0.25) is 0 Å². The third kappa shape index (κ3) is 4.67. The van der Waals surface area contributed by atoms with E-state index in [4.69, 9.17) is 4.74 Å². The molecule has 4 rings (SSSR count). The first-order valence-corrected chi connectivity index (χ1v) is 9.89. The fourth-order valence-electron chi connectivity index (χ4n) is 3.77. The molecule has 0 bridgehead atoms. The van der Waals surface area contributed by atoms with Crippen molar-refractivity contribution in [3.63, 3.8) is 0 Å².